The van der Waals surface area contributed by atoms with Gasteiger partial charge in [0.1, 0.15) is 0 Å². The second-order valence-electron chi connectivity index (χ2n) is 29.4. The van der Waals surface area contributed by atoms with Crippen LogP contribution in [0.4, 0.5) is 0 Å². The zero-order valence-electron chi connectivity index (χ0n) is 44.4. The van der Waals surface area contributed by atoms with Crippen LogP contribution in [0, 0.1) is 94.7 Å². The maximum Gasteiger partial charge on any atom is 0.0325 e. The van der Waals surface area contributed by atoms with Gasteiger partial charge in [-0.2, -0.15) is 0 Å². The molecule has 0 heterocycles. The van der Waals surface area contributed by atoms with E-state index in [9.17, 15) is 0 Å². The second-order valence-corrected chi connectivity index (χ2v) is 33.9. The molecule has 0 radical (unpaired) electrons. The van der Waals surface area contributed by atoms with E-state index in [1.807, 2.05) is 0 Å². The van der Waals surface area contributed by atoms with Crippen molar-refractivity contribution >= 4 is 37.4 Å². The fraction of sp³-hybridized carbons (Fsp3) is 0.657. The minimum Gasteiger partial charge on any atom is -0.242 e. The Bertz CT molecular complexity index is 2180. The molecule has 17 aliphatic rings. The first kappa shape index (κ1) is 45.7. The maximum absolute atomic E-state index is 3.31. The normalized spacial score (nSPS) is 44.1. The predicted octanol–water partition coefficient (Wildman–Crippen LogP) is 16.9. The third-order valence-corrected chi connectivity index (χ3v) is 31.0. The quantitative estimate of drug-likeness (QED) is 0.135. The molecule has 0 N–H and O–H groups in total. The highest BCUT2D eigenvalue weighted by Crippen LogP contribution is 2.65. The molecule has 16 bridgehead atoms. The molecule has 17 fully saturated rings. The van der Waals surface area contributed by atoms with Crippen molar-refractivity contribution in [1.29, 1.82) is 0 Å². The van der Waals surface area contributed by atoms with Gasteiger partial charge in [-0.1, -0.05) is 116 Å². The van der Waals surface area contributed by atoms with E-state index in [4.69, 9.17) is 0 Å². The van der Waals surface area contributed by atoms with Gasteiger partial charge in [0.25, 0.3) is 0 Å². The average molecular weight is 1000 g/mol. The van der Waals surface area contributed by atoms with Crippen LogP contribution < -0.4 is 21.2 Å². The van der Waals surface area contributed by atoms with E-state index in [2.05, 4.69) is 102 Å². The van der Waals surface area contributed by atoms with Crippen LogP contribution in [0.3, 0.4) is 0 Å². The third kappa shape index (κ3) is 7.85. The number of benzene rings is 4. The van der Waals surface area contributed by atoms with Crippen molar-refractivity contribution in [2.75, 3.05) is 0 Å². The molecule has 17 aliphatic carbocycles. The Morgan fingerprint density at radius 3 is 0.658 bits per heavy atom. The van der Waals surface area contributed by atoms with Gasteiger partial charge in [-0.3, -0.25) is 0 Å². The summed E-state index contributed by atoms with van der Waals surface area (Å²) < 4.78 is 3.31. The third-order valence-electron chi connectivity index (χ3n) is 25.3. The van der Waals surface area contributed by atoms with Crippen molar-refractivity contribution in [1.82, 2.24) is 4.44 Å². The van der Waals surface area contributed by atoms with E-state index in [1.54, 1.807) is 69.2 Å². The Kier molecular flexibility index (Phi) is 11.3. The molecule has 73 heavy (non-hydrogen) atoms. The largest absolute Gasteiger partial charge is 0.242 e. The lowest BCUT2D eigenvalue weighted by molar-refractivity contribution is -0.00283. The van der Waals surface area contributed by atoms with Crippen molar-refractivity contribution in [2.45, 2.75) is 190 Å². The minimum absolute atomic E-state index is 0.590. The van der Waals surface area contributed by atoms with Crippen LogP contribution in [-0.2, 0) is 0 Å². The van der Waals surface area contributed by atoms with Crippen molar-refractivity contribution in [3.63, 3.8) is 0 Å². The van der Waals surface area contributed by atoms with E-state index in [-0.39, 0.29) is 0 Å². The van der Waals surface area contributed by atoms with Crippen LogP contribution in [0.25, 0.3) is 0 Å². The van der Waals surface area contributed by atoms with Crippen LogP contribution >= 0.6 is 16.1 Å². The summed E-state index contributed by atoms with van der Waals surface area (Å²) in [7, 11) is -1.60. The Hall–Kier alpha value is -2.30. The Balaban J connectivity index is 0.787. The number of nitrogens with zero attached hydrogens (tertiary/aromatic N) is 1. The van der Waals surface area contributed by atoms with Crippen LogP contribution in [-0.4, -0.2) is 10.5 Å². The van der Waals surface area contributed by atoms with Gasteiger partial charge in [-0.05, 0) is 303 Å². The molecule has 4 aromatic carbocycles. The van der Waals surface area contributed by atoms with E-state index in [1.165, 1.54) is 135 Å². The lowest BCUT2D eigenvalue weighted by atomic mass is 9.51. The van der Waals surface area contributed by atoms with Crippen molar-refractivity contribution < 1.29 is 0 Å². The summed E-state index contributed by atoms with van der Waals surface area (Å²) in [5, 5.41) is 6.49. The van der Waals surface area contributed by atoms with E-state index in [0.29, 0.717) is 6.04 Å². The summed E-state index contributed by atoms with van der Waals surface area (Å²) in [4.78, 5) is 0. The molecule has 0 atom stereocenters. The molecular formula is C70H87NP2. The van der Waals surface area contributed by atoms with Gasteiger partial charge in [0.2, 0.25) is 0 Å². The van der Waals surface area contributed by atoms with Crippen molar-refractivity contribution in [3.8, 4) is 0 Å². The smallest absolute Gasteiger partial charge is 0.0325 e. The maximum atomic E-state index is 3.31. The molecule has 4 aromatic rings. The van der Waals surface area contributed by atoms with Gasteiger partial charge in [0, 0.05) is 22.2 Å². The van der Waals surface area contributed by atoms with Crippen molar-refractivity contribution in [2.24, 2.45) is 94.7 Å². The Morgan fingerprint density at radius 2 is 0.452 bits per heavy atom. The molecule has 0 spiro atoms. The van der Waals surface area contributed by atoms with Gasteiger partial charge in [-0.25, -0.2) is 4.44 Å². The van der Waals surface area contributed by atoms with E-state index >= 15 is 0 Å². The molecule has 3 heteroatoms. The lowest BCUT2D eigenvalue weighted by Gasteiger charge is -2.54. The van der Waals surface area contributed by atoms with Crippen molar-refractivity contribution in [3.05, 3.63) is 119 Å². The highest BCUT2D eigenvalue weighted by molar-refractivity contribution is 7.84. The Labute approximate surface area is 443 Å². The predicted molar refractivity (Wildman–Crippen MR) is 306 cm³/mol. The monoisotopic (exact) mass is 1000 g/mol. The van der Waals surface area contributed by atoms with E-state index in [0.717, 1.165) is 118 Å². The minimum atomic E-state index is -0.801. The molecule has 0 aliphatic heterocycles. The van der Waals surface area contributed by atoms with Gasteiger partial charge in [0.05, 0.1) is 0 Å². The summed E-state index contributed by atoms with van der Waals surface area (Å²) in [5.74, 6) is 18.8. The molecule has 0 unspecified atom stereocenters. The van der Waals surface area contributed by atoms with Gasteiger partial charge in [-0.15, -0.1) is 0 Å². The van der Waals surface area contributed by atoms with E-state index < -0.39 is 16.1 Å². The highest BCUT2D eigenvalue weighted by atomic mass is 31.2. The van der Waals surface area contributed by atoms with Gasteiger partial charge in [0.15, 0.2) is 0 Å². The Morgan fingerprint density at radius 1 is 0.247 bits per heavy atom. The topological polar surface area (TPSA) is 3.24 Å². The first-order valence-electron chi connectivity index (χ1n) is 31.8. The molecule has 17 saturated carbocycles. The van der Waals surface area contributed by atoms with Gasteiger partial charge >= 0.3 is 0 Å². The fourth-order valence-electron chi connectivity index (χ4n) is 23.7. The summed E-state index contributed by atoms with van der Waals surface area (Å²) in [5.41, 5.74) is 6.77. The van der Waals surface area contributed by atoms with Crippen LogP contribution in [0.1, 0.15) is 206 Å². The summed E-state index contributed by atoms with van der Waals surface area (Å²) in [6.45, 7) is 0. The molecule has 0 aromatic heterocycles. The number of rotatable bonds is 11. The molecule has 1 nitrogen and oxygen atoms in total. The van der Waals surface area contributed by atoms with Crippen LogP contribution in [0.15, 0.2) is 97.1 Å². The summed E-state index contributed by atoms with van der Waals surface area (Å²) in [6.07, 6.45) is 37.1. The van der Waals surface area contributed by atoms with Crippen LogP contribution in [0.5, 0.6) is 0 Å². The first-order chi connectivity index (χ1) is 36.0. The average Bonchev–Trinajstić information content (AvgIpc) is 3.40. The zero-order valence-corrected chi connectivity index (χ0v) is 46.2. The molecule has 382 valence electrons. The summed E-state index contributed by atoms with van der Waals surface area (Å²) >= 11 is 0. The first-order valence-corrected chi connectivity index (χ1v) is 34.4. The SMILES string of the molecule is c1cc(P(c2ccc(C3C4CC5CC(C4)CC3C5)cc2)N(C2CCCCC2)P(c2ccc(C3C4CC5CC(C4)CC3C5)cc2)c2ccc(C3C4CC5CC(C4)CC3C5)cc2)ccc1C1C2CC3CC(C2)CC1C3. The second kappa shape index (κ2) is 18.1. The number of hydrogen-bond donors (Lipinski definition) is 0. The number of hydrogen-bond acceptors (Lipinski definition) is 1. The van der Waals surface area contributed by atoms with Gasteiger partial charge < -0.3 is 0 Å². The highest BCUT2D eigenvalue weighted by Gasteiger charge is 2.53. The standard InChI is InChI=1S/C70H87NP2/c1-2-4-62(5-3-1)71(72(63-14-6-50(7-15-63)67-54-26-42-22-43(28-54)29-55(67)27-42)64-16-8-51(9-17-64)68-56-30-44-23-45(32-56)33-57(68)31-44)73(65-18-10-52(11-19-65)69-58-34-46-24-47(36-58)37-59(69)35-46)66-20-12-53(13-21-66)70-60-38-48-25-49(40-60)41-61(70)39-48/h6-21,42-49,54-62,67-70H,1-5,22-41H2. The fourth-order valence-corrected chi connectivity index (χ4v) is 30.1. The molecule has 0 amide bonds. The van der Waals surface area contributed by atoms with Crippen LogP contribution in [0.2, 0.25) is 0 Å². The lowest BCUT2D eigenvalue weighted by Crippen LogP contribution is -2.44. The molecule has 0 saturated heterocycles. The molecular weight excluding hydrogens is 917 g/mol. The molecule has 21 rings (SSSR count). The summed E-state index contributed by atoms with van der Waals surface area (Å²) in [6, 6.07) is 44.1. The zero-order chi connectivity index (χ0) is 47.5.